The molecule has 1 fully saturated rings. The van der Waals surface area contributed by atoms with E-state index in [-0.39, 0.29) is 18.3 Å². The number of amides is 5. The number of anilines is 1. The largest absolute Gasteiger partial charge is 0.340 e. The van der Waals surface area contributed by atoms with Gasteiger partial charge in [0.05, 0.1) is 28.6 Å². The summed E-state index contributed by atoms with van der Waals surface area (Å²) in [6.45, 7) is 3.30. The van der Waals surface area contributed by atoms with Crippen LogP contribution >= 0.6 is 46.1 Å². The molecule has 1 saturated heterocycles. The Kier molecular flexibility index (Phi) is 5.18. The smallest absolute Gasteiger partial charge is 0.272 e. The van der Waals surface area contributed by atoms with Crippen LogP contribution in [0.4, 0.5) is 15.3 Å². The second-order valence-corrected chi connectivity index (χ2v) is 6.83. The van der Waals surface area contributed by atoms with Gasteiger partial charge in [0, 0.05) is 16.1 Å². The van der Waals surface area contributed by atoms with Gasteiger partial charge in [0.25, 0.3) is 5.91 Å². The SMILES string of the molecule is CC(C)N(I)C(=O)N1CC(=O)N(c2cc(Cl)cc(Cl)c2)C1=O. The van der Waals surface area contributed by atoms with Crippen LogP contribution in [0.25, 0.3) is 0 Å². The molecule has 0 atom stereocenters. The summed E-state index contributed by atoms with van der Waals surface area (Å²) in [5, 5.41) is 0.594. The summed E-state index contributed by atoms with van der Waals surface area (Å²) in [6, 6.07) is 3.03. The lowest BCUT2D eigenvalue weighted by Crippen LogP contribution is -2.43. The molecule has 0 N–H and O–H groups in total. The summed E-state index contributed by atoms with van der Waals surface area (Å²) < 4.78 is 1.36. The summed E-state index contributed by atoms with van der Waals surface area (Å²) >= 11 is 13.6. The third-order valence-electron chi connectivity index (χ3n) is 2.94. The number of nitrogens with zero attached hydrogens (tertiary/aromatic N) is 3. The van der Waals surface area contributed by atoms with Crippen LogP contribution in [0.3, 0.4) is 0 Å². The van der Waals surface area contributed by atoms with Crippen molar-refractivity contribution < 1.29 is 14.4 Å². The van der Waals surface area contributed by atoms with E-state index in [1.54, 1.807) is 13.8 Å². The Balaban J connectivity index is 2.31. The van der Waals surface area contributed by atoms with Crippen LogP contribution in [0.1, 0.15) is 13.8 Å². The lowest BCUT2D eigenvalue weighted by molar-refractivity contribution is -0.116. The maximum Gasteiger partial charge on any atom is 0.340 e. The predicted molar refractivity (Wildman–Crippen MR) is 92.4 cm³/mol. The average Bonchev–Trinajstić information content (AvgIpc) is 2.71. The van der Waals surface area contributed by atoms with Crippen LogP contribution in [-0.2, 0) is 4.79 Å². The van der Waals surface area contributed by atoms with Gasteiger partial charge in [-0.1, -0.05) is 23.2 Å². The first-order valence-electron chi connectivity index (χ1n) is 6.32. The summed E-state index contributed by atoms with van der Waals surface area (Å²) in [5.74, 6) is -0.509. The van der Waals surface area contributed by atoms with Gasteiger partial charge in [-0.25, -0.2) is 19.4 Å². The monoisotopic (exact) mass is 455 g/mol. The normalized spacial score (nSPS) is 15.0. The number of imide groups is 2. The molecule has 1 aromatic rings. The molecule has 9 heteroatoms. The fourth-order valence-electron chi connectivity index (χ4n) is 1.91. The van der Waals surface area contributed by atoms with Gasteiger partial charge in [-0.2, -0.15) is 0 Å². The molecule has 1 aromatic carbocycles. The van der Waals surface area contributed by atoms with Crippen LogP contribution in [-0.4, -0.2) is 38.6 Å². The number of urea groups is 2. The molecule has 6 nitrogen and oxygen atoms in total. The summed E-state index contributed by atoms with van der Waals surface area (Å²) in [5.41, 5.74) is 0.243. The van der Waals surface area contributed by atoms with Crippen molar-refractivity contribution in [3.8, 4) is 0 Å². The molecular formula is C13H12Cl2IN3O3. The molecule has 0 bridgehead atoms. The number of hydrogen-bond donors (Lipinski definition) is 0. The Bertz CT molecular complexity index is 633. The Morgan fingerprint density at radius 1 is 1.23 bits per heavy atom. The van der Waals surface area contributed by atoms with E-state index in [0.717, 1.165) is 9.80 Å². The third kappa shape index (κ3) is 3.31. The van der Waals surface area contributed by atoms with Gasteiger partial charge in [-0.15, -0.1) is 0 Å². The highest BCUT2D eigenvalue weighted by Crippen LogP contribution is 2.29. The molecule has 0 aromatic heterocycles. The number of carbonyl (C=O) groups excluding carboxylic acids is 3. The topological polar surface area (TPSA) is 60.9 Å². The molecular weight excluding hydrogens is 444 g/mol. The van der Waals surface area contributed by atoms with E-state index < -0.39 is 18.0 Å². The second-order valence-electron chi connectivity index (χ2n) is 4.91. The summed E-state index contributed by atoms with van der Waals surface area (Å²) in [7, 11) is 0. The summed E-state index contributed by atoms with van der Waals surface area (Å²) in [6.07, 6.45) is 0. The molecule has 2 rings (SSSR count). The number of benzene rings is 1. The maximum atomic E-state index is 12.4. The van der Waals surface area contributed by atoms with Crippen molar-refractivity contribution in [1.29, 1.82) is 0 Å². The highest BCUT2D eigenvalue weighted by atomic mass is 127. The Labute approximate surface area is 151 Å². The van der Waals surface area contributed by atoms with Crippen molar-refractivity contribution >= 4 is 69.7 Å². The number of hydrogen-bond acceptors (Lipinski definition) is 3. The first-order valence-corrected chi connectivity index (χ1v) is 8.04. The maximum absolute atomic E-state index is 12.4. The van der Waals surface area contributed by atoms with E-state index in [9.17, 15) is 14.4 Å². The van der Waals surface area contributed by atoms with Gasteiger partial charge in [0.15, 0.2) is 0 Å². The lowest BCUT2D eigenvalue weighted by Gasteiger charge is -2.23. The minimum atomic E-state index is -0.712. The van der Waals surface area contributed by atoms with E-state index in [0.29, 0.717) is 10.0 Å². The van der Waals surface area contributed by atoms with Gasteiger partial charge in [0.1, 0.15) is 6.54 Å². The number of halogens is 3. The molecule has 22 heavy (non-hydrogen) atoms. The highest BCUT2D eigenvalue weighted by molar-refractivity contribution is 14.1. The van der Waals surface area contributed by atoms with Crippen molar-refractivity contribution in [2.45, 2.75) is 19.9 Å². The highest BCUT2D eigenvalue weighted by Gasteiger charge is 2.42. The molecule has 118 valence electrons. The second kappa shape index (κ2) is 6.59. The van der Waals surface area contributed by atoms with E-state index in [2.05, 4.69) is 0 Å². The van der Waals surface area contributed by atoms with Crippen LogP contribution < -0.4 is 4.90 Å². The fourth-order valence-corrected chi connectivity index (χ4v) is 2.68. The molecule has 0 unspecified atom stereocenters. The zero-order chi connectivity index (χ0) is 16.6. The average molecular weight is 456 g/mol. The third-order valence-corrected chi connectivity index (χ3v) is 4.90. The van der Waals surface area contributed by atoms with E-state index >= 15 is 0 Å². The van der Waals surface area contributed by atoms with Crippen molar-refractivity contribution in [2.24, 2.45) is 0 Å². The van der Waals surface area contributed by atoms with Crippen LogP contribution in [0.5, 0.6) is 0 Å². The zero-order valence-electron chi connectivity index (χ0n) is 11.7. The van der Waals surface area contributed by atoms with Crippen molar-refractivity contribution in [1.82, 2.24) is 8.01 Å². The Morgan fingerprint density at radius 2 is 1.77 bits per heavy atom. The molecule has 1 heterocycles. The van der Waals surface area contributed by atoms with Crippen molar-refractivity contribution in [2.75, 3.05) is 11.4 Å². The Hall–Kier alpha value is -1.06. The van der Waals surface area contributed by atoms with Crippen molar-refractivity contribution in [3.63, 3.8) is 0 Å². The number of carbonyl (C=O) groups is 3. The molecule has 1 aliphatic rings. The van der Waals surface area contributed by atoms with Crippen LogP contribution in [0, 0.1) is 0 Å². The fraction of sp³-hybridized carbons (Fsp3) is 0.308. The first-order chi connectivity index (χ1) is 10.2. The van der Waals surface area contributed by atoms with Gasteiger partial charge in [-0.05, 0) is 32.0 Å². The van der Waals surface area contributed by atoms with E-state index in [4.69, 9.17) is 23.2 Å². The van der Waals surface area contributed by atoms with E-state index in [1.807, 2.05) is 22.9 Å². The van der Waals surface area contributed by atoms with Gasteiger partial charge in [-0.3, -0.25) is 7.91 Å². The first kappa shape index (κ1) is 17.3. The minimum absolute atomic E-state index is 0.106. The molecule has 0 aliphatic carbocycles. The molecule has 5 amide bonds. The van der Waals surface area contributed by atoms with Gasteiger partial charge in [0.2, 0.25) is 0 Å². The van der Waals surface area contributed by atoms with Gasteiger partial charge >= 0.3 is 12.1 Å². The van der Waals surface area contributed by atoms with Crippen molar-refractivity contribution in [3.05, 3.63) is 28.2 Å². The minimum Gasteiger partial charge on any atom is -0.272 e. The molecule has 0 radical (unpaired) electrons. The standard InChI is InChI=1S/C13H12Cl2IN3O3/c1-7(2)19(16)13(22)17-6-11(20)18(12(17)21)10-4-8(14)3-9(15)5-10/h3-5,7H,6H2,1-2H3. The zero-order valence-corrected chi connectivity index (χ0v) is 15.4. The molecule has 0 saturated carbocycles. The molecule has 0 spiro atoms. The lowest BCUT2D eigenvalue weighted by atomic mass is 10.3. The number of rotatable bonds is 2. The predicted octanol–water partition coefficient (Wildman–Crippen LogP) is 3.94. The summed E-state index contributed by atoms with van der Waals surface area (Å²) in [4.78, 5) is 38.6. The van der Waals surface area contributed by atoms with Crippen LogP contribution in [0.2, 0.25) is 10.0 Å². The molecule has 1 aliphatic heterocycles. The Morgan fingerprint density at radius 3 is 2.27 bits per heavy atom. The van der Waals surface area contributed by atoms with Crippen LogP contribution in [0.15, 0.2) is 18.2 Å². The van der Waals surface area contributed by atoms with Gasteiger partial charge < -0.3 is 0 Å². The quantitative estimate of drug-likeness (QED) is 0.385. The van der Waals surface area contributed by atoms with E-state index in [1.165, 1.54) is 21.3 Å².